The van der Waals surface area contributed by atoms with Gasteiger partial charge in [0, 0.05) is 16.8 Å². The molecule has 0 atom stereocenters. The standard InChI is InChI=1S/C21H25N5S2/c1-4-9-27-21-25-24-19-18-17(22-11-26(19)21)16-14-8-6-5-7-13(14)15(10-12(2)3)23-20(16)28-18/h11-12H,4-10H2,1-3H3. The van der Waals surface area contributed by atoms with Crippen molar-refractivity contribution in [2.45, 2.75) is 64.5 Å². The average molecular weight is 412 g/mol. The van der Waals surface area contributed by atoms with Crippen LogP contribution >= 0.6 is 23.1 Å². The summed E-state index contributed by atoms with van der Waals surface area (Å²) in [6, 6.07) is 0. The lowest BCUT2D eigenvalue weighted by atomic mass is 9.87. The van der Waals surface area contributed by atoms with E-state index in [0.29, 0.717) is 5.92 Å². The molecular formula is C21H25N5S2. The molecule has 1 aliphatic carbocycles. The molecule has 0 aromatic carbocycles. The fourth-order valence-corrected chi connectivity index (χ4v) is 6.14. The monoisotopic (exact) mass is 411 g/mol. The van der Waals surface area contributed by atoms with Gasteiger partial charge < -0.3 is 0 Å². The Morgan fingerprint density at radius 2 is 2.00 bits per heavy atom. The fraction of sp³-hybridized carbons (Fsp3) is 0.524. The predicted octanol–water partition coefficient (Wildman–Crippen LogP) is 5.47. The zero-order valence-electron chi connectivity index (χ0n) is 16.7. The maximum Gasteiger partial charge on any atom is 0.196 e. The van der Waals surface area contributed by atoms with Gasteiger partial charge in [-0.3, -0.25) is 4.40 Å². The SMILES string of the molecule is CCCSc1nnc2c3sc4nc(CC(C)C)c5c(c4c3ncn12)CCCC5. The van der Waals surface area contributed by atoms with Crippen LogP contribution in [0.5, 0.6) is 0 Å². The van der Waals surface area contributed by atoms with Gasteiger partial charge in [-0.15, -0.1) is 21.5 Å². The number of pyridine rings is 1. The summed E-state index contributed by atoms with van der Waals surface area (Å²) in [5, 5.41) is 11.1. The van der Waals surface area contributed by atoms with Gasteiger partial charge in [-0.25, -0.2) is 9.97 Å². The molecule has 0 saturated carbocycles. The first-order valence-electron chi connectivity index (χ1n) is 10.3. The molecule has 0 spiro atoms. The van der Waals surface area contributed by atoms with Crippen molar-refractivity contribution in [1.29, 1.82) is 0 Å². The highest BCUT2D eigenvalue weighted by atomic mass is 32.2. The number of hydrogen-bond acceptors (Lipinski definition) is 6. The topological polar surface area (TPSA) is 56.0 Å². The smallest absolute Gasteiger partial charge is 0.196 e. The molecule has 4 aromatic rings. The Balaban J connectivity index is 1.77. The molecule has 0 amide bonds. The summed E-state index contributed by atoms with van der Waals surface area (Å²) in [5.41, 5.74) is 6.28. The lowest BCUT2D eigenvalue weighted by Crippen LogP contribution is -2.11. The molecule has 4 aromatic heterocycles. The number of thiophene rings is 1. The van der Waals surface area contributed by atoms with E-state index >= 15 is 0 Å². The van der Waals surface area contributed by atoms with Crippen LogP contribution in [-0.2, 0) is 19.3 Å². The first kappa shape index (κ1) is 18.3. The van der Waals surface area contributed by atoms with Gasteiger partial charge in [0.25, 0.3) is 0 Å². The van der Waals surface area contributed by atoms with E-state index in [9.17, 15) is 0 Å². The molecule has 4 heterocycles. The minimum absolute atomic E-state index is 0.616. The lowest BCUT2D eigenvalue weighted by molar-refractivity contribution is 0.615. The van der Waals surface area contributed by atoms with Crippen molar-refractivity contribution in [3.63, 3.8) is 0 Å². The maximum absolute atomic E-state index is 5.14. The number of hydrogen-bond donors (Lipinski definition) is 0. The molecule has 5 nitrogen and oxygen atoms in total. The van der Waals surface area contributed by atoms with Crippen LogP contribution in [0, 0.1) is 5.92 Å². The second kappa shape index (κ2) is 7.26. The number of aromatic nitrogens is 5. The maximum atomic E-state index is 5.14. The molecule has 5 rings (SSSR count). The summed E-state index contributed by atoms with van der Waals surface area (Å²) in [7, 11) is 0. The molecule has 0 bridgehead atoms. The van der Waals surface area contributed by atoms with Crippen LogP contribution in [0.3, 0.4) is 0 Å². The van der Waals surface area contributed by atoms with Crippen LogP contribution in [0.1, 0.15) is 56.9 Å². The van der Waals surface area contributed by atoms with Gasteiger partial charge in [0.15, 0.2) is 10.8 Å². The van der Waals surface area contributed by atoms with Crippen LogP contribution in [0.2, 0.25) is 0 Å². The molecular weight excluding hydrogens is 386 g/mol. The van der Waals surface area contributed by atoms with Gasteiger partial charge >= 0.3 is 0 Å². The summed E-state index contributed by atoms with van der Waals surface area (Å²) in [5.74, 6) is 1.66. The number of rotatable bonds is 5. The molecule has 0 unspecified atom stereocenters. The summed E-state index contributed by atoms with van der Waals surface area (Å²) in [6.45, 7) is 6.74. The van der Waals surface area contributed by atoms with Crippen molar-refractivity contribution in [1.82, 2.24) is 24.6 Å². The van der Waals surface area contributed by atoms with Crippen molar-refractivity contribution in [2.75, 3.05) is 5.75 Å². The van der Waals surface area contributed by atoms with Gasteiger partial charge in [-0.05, 0) is 55.6 Å². The molecule has 28 heavy (non-hydrogen) atoms. The Labute approximate surface area is 173 Å². The van der Waals surface area contributed by atoms with Crippen LogP contribution in [-0.4, -0.2) is 30.3 Å². The predicted molar refractivity (Wildman–Crippen MR) is 118 cm³/mol. The van der Waals surface area contributed by atoms with E-state index in [-0.39, 0.29) is 0 Å². The number of nitrogens with zero attached hydrogens (tertiary/aromatic N) is 5. The Hall–Kier alpha value is -1.73. The van der Waals surface area contributed by atoms with E-state index in [4.69, 9.17) is 9.97 Å². The van der Waals surface area contributed by atoms with E-state index in [1.807, 2.05) is 10.7 Å². The van der Waals surface area contributed by atoms with Gasteiger partial charge in [0.2, 0.25) is 0 Å². The zero-order chi connectivity index (χ0) is 19.3. The van der Waals surface area contributed by atoms with Crippen molar-refractivity contribution < 1.29 is 0 Å². The van der Waals surface area contributed by atoms with Gasteiger partial charge in [0.05, 0.1) is 5.52 Å². The summed E-state index contributed by atoms with van der Waals surface area (Å²) >= 11 is 3.48. The third-order valence-corrected chi connectivity index (χ3v) is 7.64. The molecule has 1 aliphatic rings. The van der Waals surface area contributed by atoms with E-state index in [0.717, 1.165) is 57.3 Å². The summed E-state index contributed by atoms with van der Waals surface area (Å²) < 4.78 is 3.16. The van der Waals surface area contributed by atoms with Gasteiger partial charge in [-0.2, -0.15) is 0 Å². The molecule has 146 valence electrons. The fourth-order valence-electron chi connectivity index (χ4n) is 4.22. The van der Waals surface area contributed by atoms with Crippen molar-refractivity contribution >= 4 is 49.2 Å². The van der Waals surface area contributed by atoms with Crippen molar-refractivity contribution in [3.05, 3.63) is 23.1 Å². The second-order valence-electron chi connectivity index (χ2n) is 8.05. The first-order valence-corrected chi connectivity index (χ1v) is 12.1. The number of aryl methyl sites for hydroxylation is 1. The van der Waals surface area contributed by atoms with Crippen LogP contribution in [0.15, 0.2) is 11.5 Å². The molecule has 0 N–H and O–H groups in total. The average Bonchev–Trinajstić information content (AvgIpc) is 3.26. The molecule has 0 radical (unpaired) electrons. The normalized spacial score (nSPS) is 14.6. The summed E-state index contributed by atoms with van der Waals surface area (Å²) in [6.07, 6.45) is 8.90. The Morgan fingerprint density at radius 3 is 2.79 bits per heavy atom. The highest BCUT2D eigenvalue weighted by molar-refractivity contribution is 7.99. The zero-order valence-corrected chi connectivity index (χ0v) is 18.3. The Bertz CT molecular complexity index is 1170. The highest BCUT2D eigenvalue weighted by Crippen LogP contribution is 2.40. The third kappa shape index (κ3) is 2.90. The largest absolute Gasteiger partial charge is 0.259 e. The number of fused-ring (bicyclic) bond motifs is 7. The van der Waals surface area contributed by atoms with E-state index < -0.39 is 0 Å². The number of thioether (sulfide) groups is 1. The first-order chi connectivity index (χ1) is 13.7. The van der Waals surface area contributed by atoms with Crippen molar-refractivity contribution in [3.8, 4) is 0 Å². The second-order valence-corrected chi connectivity index (χ2v) is 10.1. The quantitative estimate of drug-likeness (QED) is 0.408. The van der Waals surface area contributed by atoms with Crippen molar-refractivity contribution in [2.24, 2.45) is 5.92 Å². The molecule has 7 heteroatoms. The minimum atomic E-state index is 0.616. The van der Waals surface area contributed by atoms with E-state index in [2.05, 4.69) is 31.0 Å². The van der Waals surface area contributed by atoms with Crippen LogP contribution in [0.4, 0.5) is 0 Å². The summed E-state index contributed by atoms with van der Waals surface area (Å²) in [4.78, 5) is 11.1. The van der Waals surface area contributed by atoms with Gasteiger partial charge in [-0.1, -0.05) is 32.5 Å². The highest BCUT2D eigenvalue weighted by Gasteiger charge is 2.24. The molecule has 0 fully saturated rings. The Morgan fingerprint density at radius 1 is 1.18 bits per heavy atom. The van der Waals surface area contributed by atoms with Crippen LogP contribution < -0.4 is 0 Å². The van der Waals surface area contributed by atoms with E-state index in [1.165, 1.54) is 35.0 Å². The van der Waals surface area contributed by atoms with Gasteiger partial charge in [0.1, 0.15) is 15.9 Å². The third-order valence-electron chi connectivity index (χ3n) is 5.43. The molecule has 0 saturated heterocycles. The molecule has 0 aliphatic heterocycles. The van der Waals surface area contributed by atoms with Crippen LogP contribution in [0.25, 0.3) is 26.1 Å². The van der Waals surface area contributed by atoms with E-state index in [1.54, 1.807) is 23.1 Å². The lowest BCUT2D eigenvalue weighted by Gasteiger charge is -2.20. The minimum Gasteiger partial charge on any atom is -0.259 e. The Kier molecular flexibility index (Phi) is 4.75.